The Hall–Kier alpha value is -3.13. The zero-order valence-corrected chi connectivity index (χ0v) is 15.6. The number of carbonyl (C=O) groups is 1. The van der Waals surface area contributed by atoms with E-state index in [9.17, 15) is 14.0 Å². The van der Waals surface area contributed by atoms with Gasteiger partial charge in [-0.3, -0.25) is 4.79 Å². The first-order valence-electron chi connectivity index (χ1n) is 9.37. The second-order valence-electron chi connectivity index (χ2n) is 7.17. The number of imidazole rings is 1. The molecule has 2 heterocycles. The van der Waals surface area contributed by atoms with Crippen molar-refractivity contribution in [1.82, 2.24) is 9.97 Å². The number of piperazine rings is 1. The number of aromatic nitrogens is 2. The summed E-state index contributed by atoms with van der Waals surface area (Å²) in [5.74, 6) is -0.289. The van der Waals surface area contributed by atoms with Gasteiger partial charge in [-0.1, -0.05) is 0 Å². The topological polar surface area (TPSA) is 85.4 Å². The number of benzene rings is 2. The van der Waals surface area contributed by atoms with E-state index in [4.69, 9.17) is 0 Å². The van der Waals surface area contributed by atoms with Crippen LogP contribution in [0, 0.1) is 5.82 Å². The average Bonchev–Trinajstić information content (AvgIpc) is 3.07. The number of hydrogen-bond donors (Lipinski definition) is 4. The maximum atomic E-state index is 13.1. The molecule has 1 saturated heterocycles. The Morgan fingerprint density at radius 3 is 2.50 bits per heavy atom. The van der Waals surface area contributed by atoms with Crippen molar-refractivity contribution in [1.29, 1.82) is 0 Å². The van der Waals surface area contributed by atoms with Crippen LogP contribution in [0.4, 0.5) is 15.8 Å². The molecule has 0 spiro atoms. The smallest absolute Gasteiger partial charge is 0.323 e. The van der Waals surface area contributed by atoms with Gasteiger partial charge in [-0.2, -0.15) is 0 Å². The van der Waals surface area contributed by atoms with Gasteiger partial charge in [0, 0.05) is 11.4 Å². The van der Waals surface area contributed by atoms with E-state index < -0.39 is 0 Å². The monoisotopic (exact) mass is 384 g/mol. The van der Waals surface area contributed by atoms with E-state index in [1.165, 1.54) is 17.0 Å². The SMILES string of the molecule is C[C@@H](C(=O)Nc1ccc2[nH]c(=O)[nH]c2c1)[NH+]1CCN(c2ccc(F)cc2)CC1. The summed E-state index contributed by atoms with van der Waals surface area (Å²) in [6.45, 7) is 5.21. The summed E-state index contributed by atoms with van der Waals surface area (Å²) in [6, 6.07) is 11.6. The lowest BCUT2D eigenvalue weighted by Crippen LogP contribution is -3.19. The Bertz CT molecular complexity index is 1030. The molecule has 0 saturated carbocycles. The summed E-state index contributed by atoms with van der Waals surface area (Å²) in [6.07, 6.45) is 0. The lowest BCUT2D eigenvalue weighted by molar-refractivity contribution is -0.914. The van der Waals surface area contributed by atoms with Crippen LogP contribution in [0.2, 0.25) is 0 Å². The molecule has 1 aliphatic heterocycles. The predicted octanol–water partition coefficient (Wildman–Crippen LogP) is 0.727. The van der Waals surface area contributed by atoms with Gasteiger partial charge >= 0.3 is 5.69 Å². The van der Waals surface area contributed by atoms with E-state index in [0.29, 0.717) is 16.7 Å². The quantitative estimate of drug-likeness (QED) is 0.535. The maximum absolute atomic E-state index is 13.1. The van der Waals surface area contributed by atoms with E-state index in [1.54, 1.807) is 30.3 Å². The van der Waals surface area contributed by atoms with Gasteiger partial charge in [0.05, 0.1) is 37.2 Å². The summed E-state index contributed by atoms with van der Waals surface area (Å²) >= 11 is 0. The molecule has 4 N–H and O–H groups in total. The molecule has 7 nitrogen and oxygen atoms in total. The molecule has 1 aliphatic rings. The third-order valence-electron chi connectivity index (χ3n) is 5.39. The minimum Gasteiger partial charge on any atom is -0.360 e. The molecule has 1 atom stereocenters. The highest BCUT2D eigenvalue weighted by Crippen LogP contribution is 2.16. The van der Waals surface area contributed by atoms with Gasteiger partial charge in [0.1, 0.15) is 5.82 Å². The summed E-state index contributed by atoms with van der Waals surface area (Å²) in [5.41, 5.74) is 2.76. The largest absolute Gasteiger partial charge is 0.360 e. The van der Waals surface area contributed by atoms with Crippen LogP contribution in [-0.4, -0.2) is 48.1 Å². The number of nitrogens with one attached hydrogen (secondary N) is 4. The molecule has 4 rings (SSSR count). The standard InChI is InChI=1S/C20H22FN5O2/c1-13(19(27)22-15-4-7-17-18(12-15)24-20(28)23-17)25-8-10-26(11-9-25)16-5-2-14(21)3-6-16/h2-7,12-13H,8-11H2,1H3,(H,22,27)(H2,23,24,28)/p+1/t13-/m0/s1. The number of halogens is 1. The Kier molecular flexibility index (Phi) is 4.87. The summed E-state index contributed by atoms with van der Waals surface area (Å²) < 4.78 is 13.1. The molecule has 1 amide bonds. The van der Waals surface area contributed by atoms with Gasteiger partial charge in [0.25, 0.3) is 5.91 Å². The second kappa shape index (κ2) is 7.47. The highest BCUT2D eigenvalue weighted by atomic mass is 19.1. The van der Waals surface area contributed by atoms with Gasteiger partial charge in [0.15, 0.2) is 6.04 Å². The first-order chi connectivity index (χ1) is 13.5. The van der Waals surface area contributed by atoms with Crippen LogP contribution in [0.1, 0.15) is 6.92 Å². The lowest BCUT2D eigenvalue weighted by atomic mass is 10.2. The molecule has 28 heavy (non-hydrogen) atoms. The fourth-order valence-electron chi connectivity index (χ4n) is 3.68. The molecular weight excluding hydrogens is 361 g/mol. The molecule has 0 aliphatic carbocycles. The van der Waals surface area contributed by atoms with Crippen molar-refractivity contribution in [3.05, 3.63) is 58.8 Å². The number of fused-ring (bicyclic) bond motifs is 1. The number of nitrogens with zero attached hydrogens (tertiary/aromatic N) is 1. The summed E-state index contributed by atoms with van der Waals surface area (Å²) in [5, 5.41) is 2.94. The number of carbonyl (C=O) groups excluding carboxylic acids is 1. The number of amides is 1. The zero-order chi connectivity index (χ0) is 19.7. The zero-order valence-electron chi connectivity index (χ0n) is 15.6. The fourth-order valence-corrected chi connectivity index (χ4v) is 3.68. The van der Waals surface area contributed by atoms with Crippen molar-refractivity contribution in [3.63, 3.8) is 0 Å². The van der Waals surface area contributed by atoms with Crippen molar-refractivity contribution in [2.24, 2.45) is 0 Å². The maximum Gasteiger partial charge on any atom is 0.323 e. The van der Waals surface area contributed by atoms with E-state index in [2.05, 4.69) is 20.2 Å². The Morgan fingerprint density at radius 1 is 1.11 bits per heavy atom. The van der Waals surface area contributed by atoms with Crippen LogP contribution < -0.4 is 20.8 Å². The number of aromatic amines is 2. The fraction of sp³-hybridized carbons (Fsp3) is 0.300. The number of quaternary nitrogens is 1. The average molecular weight is 384 g/mol. The first-order valence-corrected chi connectivity index (χ1v) is 9.37. The van der Waals surface area contributed by atoms with Gasteiger partial charge in [-0.25, -0.2) is 9.18 Å². The van der Waals surface area contributed by atoms with Crippen LogP contribution in [0.25, 0.3) is 11.0 Å². The molecular formula is C20H23FN5O2+. The third kappa shape index (κ3) is 3.77. The Balaban J connectivity index is 1.36. The molecule has 8 heteroatoms. The molecule has 146 valence electrons. The van der Waals surface area contributed by atoms with E-state index in [0.717, 1.165) is 31.9 Å². The Labute approximate surface area is 161 Å². The minimum atomic E-state index is -0.268. The van der Waals surface area contributed by atoms with E-state index in [-0.39, 0.29) is 23.5 Å². The summed E-state index contributed by atoms with van der Waals surface area (Å²) in [4.78, 5) is 32.8. The van der Waals surface area contributed by atoms with Crippen molar-refractivity contribution < 1.29 is 14.1 Å². The van der Waals surface area contributed by atoms with Crippen LogP contribution >= 0.6 is 0 Å². The van der Waals surface area contributed by atoms with Gasteiger partial charge in [-0.15, -0.1) is 0 Å². The van der Waals surface area contributed by atoms with E-state index >= 15 is 0 Å². The first kappa shape index (κ1) is 18.2. The molecule has 0 bridgehead atoms. The van der Waals surface area contributed by atoms with Gasteiger partial charge in [-0.05, 0) is 49.4 Å². The highest BCUT2D eigenvalue weighted by molar-refractivity contribution is 5.95. The minimum absolute atomic E-state index is 0.0533. The van der Waals surface area contributed by atoms with Crippen molar-refractivity contribution in [2.75, 3.05) is 36.4 Å². The lowest BCUT2D eigenvalue weighted by Gasteiger charge is -2.36. The molecule has 1 fully saturated rings. The third-order valence-corrected chi connectivity index (χ3v) is 5.39. The number of anilines is 2. The second-order valence-corrected chi connectivity index (χ2v) is 7.17. The molecule has 0 radical (unpaired) electrons. The van der Waals surface area contributed by atoms with Crippen LogP contribution in [-0.2, 0) is 4.79 Å². The van der Waals surface area contributed by atoms with Crippen LogP contribution in [0.15, 0.2) is 47.3 Å². The van der Waals surface area contributed by atoms with Crippen molar-refractivity contribution in [3.8, 4) is 0 Å². The molecule has 3 aromatic rings. The highest BCUT2D eigenvalue weighted by Gasteiger charge is 2.29. The number of H-pyrrole nitrogens is 2. The van der Waals surface area contributed by atoms with Gasteiger partial charge < -0.3 is 25.1 Å². The number of rotatable bonds is 4. The predicted molar refractivity (Wildman–Crippen MR) is 106 cm³/mol. The normalized spacial score (nSPS) is 16.3. The van der Waals surface area contributed by atoms with Crippen molar-refractivity contribution >= 4 is 28.3 Å². The Morgan fingerprint density at radius 2 is 1.79 bits per heavy atom. The summed E-state index contributed by atoms with van der Waals surface area (Å²) in [7, 11) is 0. The van der Waals surface area contributed by atoms with Crippen LogP contribution in [0.5, 0.6) is 0 Å². The van der Waals surface area contributed by atoms with Crippen LogP contribution in [0.3, 0.4) is 0 Å². The molecule has 1 aromatic heterocycles. The van der Waals surface area contributed by atoms with Gasteiger partial charge in [0.2, 0.25) is 0 Å². The molecule has 0 unspecified atom stereocenters. The van der Waals surface area contributed by atoms with Crippen molar-refractivity contribution in [2.45, 2.75) is 13.0 Å². The molecule has 2 aromatic carbocycles. The van der Waals surface area contributed by atoms with E-state index in [1.807, 2.05) is 6.92 Å². The number of hydrogen-bond acceptors (Lipinski definition) is 3.